The fourth-order valence-electron chi connectivity index (χ4n) is 1.11. The Morgan fingerprint density at radius 3 is 1.88 bits per heavy atom. The second-order valence-electron chi connectivity index (χ2n) is 4.48. The smallest absolute Gasteiger partial charge is 0.311 e. The zero-order chi connectivity index (χ0) is 13.1. The topological polar surface area (TPSA) is 18.5 Å². The summed E-state index contributed by atoms with van der Waals surface area (Å²) in [5.41, 5.74) is 0. The Hall–Kier alpha value is 0.631. The summed E-state index contributed by atoms with van der Waals surface area (Å²) in [5, 5.41) is 0. The molecule has 16 heavy (non-hydrogen) atoms. The maximum atomic E-state index is 6.06. The van der Waals surface area contributed by atoms with Crippen molar-refractivity contribution in [3.63, 3.8) is 0 Å². The van der Waals surface area contributed by atoms with E-state index < -0.39 is 25.9 Å². The van der Waals surface area contributed by atoms with Crippen molar-refractivity contribution in [1.82, 2.24) is 0 Å². The maximum absolute atomic E-state index is 6.06. The molecule has 0 heterocycles. The van der Waals surface area contributed by atoms with Gasteiger partial charge in [0.15, 0.2) is 0 Å². The highest BCUT2D eigenvalue weighted by Gasteiger charge is 2.37. The fraction of sp³-hybridized carbons (Fsp3) is 0.556. The lowest BCUT2D eigenvalue weighted by molar-refractivity contribution is 0.408. The Morgan fingerprint density at radius 2 is 1.56 bits per heavy atom. The van der Waals surface area contributed by atoms with E-state index in [-0.39, 0.29) is 0 Å². The third kappa shape index (κ3) is 5.81. The molecular weight excluding hydrogens is 295 g/mol. The van der Waals surface area contributed by atoms with E-state index in [0.29, 0.717) is 9.31 Å². The highest BCUT2D eigenvalue weighted by atomic mass is 35.5. The molecule has 0 saturated heterocycles. The SMILES string of the molecule is C=C(Cl)[Si](C)O[Si](C)(C)O[Si](C)(C)C(=C)Cl. The minimum absolute atomic E-state index is 0.582. The van der Waals surface area contributed by atoms with Crippen LogP contribution in [-0.4, -0.2) is 25.9 Å². The van der Waals surface area contributed by atoms with Crippen molar-refractivity contribution in [2.24, 2.45) is 0 Å². The second kappa shape index (κ2) is 5.99. The molecule has 0 aromatic rings. The molecule has 1 radical (unpaired) electrons. The van der Waals surface area contributed by atoms with E-state index in [9.17, 15) is 0 Å². The molecule has 0 aliphatic carbocycles. The van der Waals surface area contributed by atoms with E-state index >= 15 is 0 Å². The van der Waals surface area contributed by atoms with Crippen LogP contribution >= 0.6 is 23.2 Å². The molecule has 0 aromatic heterocycles. The zero-order valence-corrected chi connectivity index (χ0v) is 15.0. The zero-order valence-electron chi connectivity index (χ0n) is 10.5. The van der Waals surface area contributed by atoms with Crippen LogP contribution in [0.3, 0.4) is 0 Å². The summed E-state index contributed by atoms with van der Waals surface area (Å²) in [5.74, 6) is 0. The molecule has 0 aliphatic heterocycles. The molecule has 2 nitrogen and oxygen atoms in total. The average Bonchev–Trinajstić information content (AvgIpc) is 1.99. The molecule has 0 aromatic carbocycles. The van der Waals surface area contributed by atoms with Gasteiger partial charge in [0.1, 0.15) is 0 Å². The Bertz CT molecular complexity index is 292. The van der Waals surface area contributed by atoms with Gasteiger partial charge in [0, 0.05) is 9.31 Å². The predicted molar refractivity (Wildman–Crippen MR) is 78.7 cm³/mol. The summed E-state index contributed by atoms with van der Waals surface area (Å²) in [6, 6.07) is 0. The second-order valence-corrected chi connectivity index (χ2v) is 15.8. The first kappa shape index (κ1) is 16.6. The van der Waals surface area contributed by atoms with E-state index in [0.717, 1.165) is 0 Å². The molecule has 0 N–H and O–H groups in total. The molecular formula is C9H19Cl2O2Si3. The van der Waals surface area contributed by atoms with Gasteiger partial charge in [-0.25, -0.2) is 0 Å². The van der Waals surface area contributed by atoms with E-state index in [1.807, 2.05) is 32.7 Å². The van der Waals surface area contributed by atoms with Crippen LogP contribution in [0.5, 0.6) is 0 Å². The quantitative estimate of drug-likeness (QED) is 0.686. The van der Waals surface area contributed by atoms with Crippen molar-refractivity contribution >= 4 is 49.1 Å². The lowest BCUT2D eigenvalue weighted by atomic mass is 11.2. The minimum Gasteiger partial charge on any atom is -0.432 e. The number of hydrogen-bond donors (Lipinski definition) is 0. The van der Waals surface area contributed by atoms with Gasteiger partial charge in [-0.1, -0.05) is 36.4 Å². The van der Waals surface area contributed by atoms with Crippen molar-refractivity contribution in [1.29, 1.82) is 0 Å². The molecule has 93 valence electrons. The number of rotatable bonds is 6. The maximum Gasteiger partial charge on any atom is 0.311 e. The van der Waals surface area contributed by atoms with Gasteiger partial charge in [-0.3, -0.25) is 0 Å². The molecule has 7 heteroatoms. The van der Waals surface area contributed by atoms with E-state index in [1.54, 1.807) is 0 Å². The average molecular weight is 314 g/mol. The molecule has 0 amide bonds. The molecule has 0 bridgehead atoms. The van der Waals surface area contributed by atoms with Crippen LogP contribution in [-0.2, 0) is 8.23 Å². The predicted octanol–water partition coefficient (Wildman–Crippen LogP) is 4.13. The lowest BCUT2D eigenvalue weighted by Gasteiger charge is -2.34. The first-order chi connectivity index (χ1) is 6.98. The van der Waals surface area contributed by atoms with Crippen molar-refractivity contribution < 1.29 is 8.23 Å². The van der Waals surface area contributed by atoms with Crippen molar-refractivity contribution in [3.05, 3.63) is 22.5 Å². The van der Waals surface area contributed by atoms with Crippen LogP contribution in [0.1, 0.15) is 0 Å². The van der Waals surface area contributed by atoms with Crippen LogP contribution in [0.15, 0.2) is 22.5 Å². The van der Waals surface area contributed by atoms with Gasteiger partial charge in [0.2, 0.25) is 17.4 Å². The van der Waals surface area contributed by atoms with Crippen LogP contribution in [0.25, 0.3) is 0 Å². The highest BCUT2D eigenvalue weighted by Crippen LogP contribution is 2.24. The molecule has 0 atom stereocenters. The summed E-state index contributed by atoms with van der Waals surface area (Å²) in [7, 11) is -5.48. The van der Waals surface area contributed by atoms with Crippen molar-refractivity contribution in [3.8, 4) is 0 Å². The third-order valence-electron chi connectivity index (χ3n) is 1.94. The van der Waals surface area contributed by atoms with Gasteiger partial charge >= 0.3 is 8.56 Å². The van der Waals surface area contributed by atoms with Crippen LogP contribution in [0, 0.1) is 0 Å². The van der Waals surface area contributed by atoms with Crippen LogP contribution < -0.4 is 0 Å². The summed E-state index contributed by atoms with van der Waals surface area (Å²) in [4.78, 5) is 0. The molecule has 0 unspecified atom stereocenters. The lowest BCUT2D eigenvalue weighted by Crippen LogP contribution is -2.49. The summed E-state index contributed by atoms with van der Waals surface area (Å²) in [6.07, 6.45) is 0. The highest BCUT2D eigenvalue weighted by molar-refractivity contribution is 6.94. The van der Waals surface area contributed by atoms with Crippen molar-refractivity contribution in [2.45, 2.75) is 32.7 Å². The van der Waals surface area contributed by atoms with Gasteiger partial charge < -0.3 is 8.23 Å². The fourth-order valence-corrected chi connectivity index (χ4v) is 11.1. The molecule has 0 fully saturated rings. The monoisotopic (exact) mass is 313 g/mol. The molecule has 0 spiro atoms. The molecule has 0 aliphatic rings. The van der Waals surface area contributed by atoms with Gasteiger partial charge in [0.05, 0.1) is 0 Å². The summed E-state index contributed by atoms with van der Waals surface area (Å²) in [6.45, 7) is 17.4. The first-order valence-corrected chi connectivity index (χ1v) is 13.3. The number of hydrogen-bond acceptors (Lipinski definition) is 2. The first-order valence-electron chi connectivity index (χ1n) is 4.90. The number of halogens is 2. The summed E-state index contributed by atoms with van der Waals surface area (Å²) >= 11 is 11.8. The third-order valence-corrected chi connectivity index (χ3v) is 13.4. The van der Waals surface area contributed by atoms with E-state index in [2.05, 4.69) is 13.2 Å². The van der Waals surface area contributed by atoms with Gasteiger partial charge in [-0.05, 0) is 32.7 Å². The van der Waals surface area contributed by atoms with Gasteiger partial charge in [-0.15, -0.1) is 0 Å². The van der Waals surface area contributed by atoms with Crippen LogP contribution in [0.2, 0.25) is 32.7 Å². The Kier molecular flexibility index (Phi) is 6.23. The Balaban J connectivity index is 4.57. The van der Waals surface area contributed by atoms with Gasteiger partial charge in [0.25, 0.3) is 0 Å². The Labute approximate surface area is 112 Å². The normalized spacial score (nSPS) is 13.0. The molecule has 0 saturated carbocycles. The van der Waals surface area contributed by atoms with Gasteiger partial charge in [-0.2, -0.15) is 0 Å². The standard InChI is InChI=1S/C9H19Cl2O2Si3/c1-8(10)14(3)12-16(6,7)13-15(4,5)9(2)11/h1-2H2,3-7H3. The largest absolute Gasteiger partial charge is 0.432 e. The van der Waals surface area contributed by atoms with Crippen molar-refractivity contribution in [2.75, 3.05) is 0 Å². The molecule has 0 rings (SSSR count). The van der Waals surface area contributed by atoms with E-state index in [1.165, 1.54) is 0 Å². The Morgan fingerprint density at radius 1 is 1.12 bits per heavy atom. The minimum atomic E-state index is -2.21. The van der Waals surface area contributed by atoms with E-state index in [4.69, 9.17) is 31.4 Å². The van der Waals surface area contributed by atoms with Crippen LogP contribution in [0.4, 0.5) is 0 Å². The summed E-state index contributed by atoms with van der Waals surface area (Å²) < 4.78 is 13.1.